The van der Waals surface area contributed by atoms with E-state index in [1.54, 1.807) is 26.0 Å². The molecule has 0 radical (unpaired) electrons. The number of benzene rings is 2. The van der Waals surface area contributed by atoms with Crippen molar-refractivity contribution in [1.29, 1.82) is 0 Å². The van der Waals surface area contributed by atoms with Gasteiger partial charge < -0.3 is 10.1 Å². The Hall–Kier alpha value is -3.42. The first kappa shape index (κ1) is 18.4. The van der Waals surface area contributed by atoms with Crippen LogP contribution in [0.2, 0.25) is 0 Å². The number of hydrogen-bond acceptors (Lipinski definition) is 5. The van der Waals surface area contributed by atoms with Crippen LogP contribution >= 0.6 is 0 Å². The molecule has 2 aromatic carbocycles. The summed E-state index contributed by atoms with van der Waals surface area (Å²) < 4.78 is 5.62. The Morgan fingerprint density at radius 3 is 2.70 bits per heavy atom. The van der Waals surface area contributed by atoms with E-state index in [0.29, 0.717) is 22.7 Å². The van der Waals surface area contributed by atoms with Gasteiger partial charge in [-0.05, 0) is 44.0 Å². The number of nitrogens with zero attached hydrogens (tertiary/aromatic N) is 2. The summed E-state index contributed by atoms with van der Waals surface area (Å²) in [7, 11) is 0. The number of carbonyl (C=O) groups excluding carboxylic acids is 2. The van der Waals surface area contributed by atoms with Gasteiger partial charge in [0.15, 0.2) is 6.10 Å². The molecule has 1 heterocycles. The molecule has 8 heteroatoms. The van der Waals surface area contributed by atoms with Crippen LogP contribution in [0.4, 0.5) is 17.1 Å². The number of non-ortho nitro benzene ring substituents is 1. The van der Waals surface area contributed by atoms with E-state index in [1.807, 2.05) is 19.1 Å². The van der Waals surface area contributed by atoms with Gasteiger partial charge in [-0.15, -0.1) is 0 Å². The van der Waals surface area contributed by atoms with Gasteiger partial charge in [0.05, 0.1) is 16.3 Å². The molecule has 1 atom stereocenters. The zero-order valence-corrected chi connectivity index (χ0v) is 15.2. The van der Waals surface area contributed by atoms with Crippen molar-refractivity contribution in [2.45, 2.75) is 26.9 Å². The van der Waals surface area contributed by atoms with Crippen LogP contribution < -0.4 is 15.0 Å². The van der Waals surface area contributed by atoms with Crippen molar-refractivity contribution in [2.75, 3.05) is 16.8 Å². The fraction of sp³-hybridized carbons (Fsp3) is 0.263. The molecular weight excluding hydrogens is 350 g/mol. The van der Waals surface area contributed by atoms with Crippen molar-refractivity contribution in [3.05, 3.63) is 57.6 Å². The molecule has 1 aliphatic heterocycles. The topological polar surface area (TPSA) is 102 Å². The highest BCUT2D eigenvalue weighted by atomic mass is 16.6. The molecule has 1 aliphatic rings. The van der Waals surface area contributed by atoms with Gasteiger partial charge in [-0.25, -0.2) is 0 Å². The molecule has 0 fully saturated rings. The molecule has 0 bridgehead atoms. The number of nitro groups is 1. The third-order valence-corrected chi connectivity index (χ3v) is 4.33. The minimum absolute atomic E-state index is 0.118. The van der Waals surface area contributed by atoms with E-state index in [1.165, 1.54) is 17.0 Å². The number of nitrogens with one attached hydrogen (secondary N) is 1. The van der Waals surface area contributed by atoms with E-state index in [2.05, 4.69) is 5.32 Å². The van der Waals surface area contributed by atoms with E-state index in [-0.39, 0.29) is 18.1 Å². The van der Waals surface area contributed by atoms with Crippen molar-refractivity contribution in [1.82, 2.24) is 0 Å². The lowest BCUT2D eigenvalue weighted by Crippen LogP contribution is -2.47. The van der Waals surface area contributed by atoms with E-state index >= 15 is 0 Å². The quantitative estimate of drug-likeness (QED) is 0.659. The summed E-state index contributed by atoms with van der Waals surface area (Å²) in [6.07, 6.45) is -0.702. The van der Waals surface area contributed by atoms with Crippen molar-refractivity contribution < 1.29 is 19.2 Å². The molecule has 1 N–H and O–H groups in total. The summed E-state index contributed by atoms with van der Waals surface area (Å²) in [6.45, 7) is 5.06. The zero-order valence-electron chi connectivity index (χ0n) is 15.2. The Morgan fingerprint density at radius 2 is 2.00 bits per heavy atom. The molecule has 27 heavy (non-hydrogen) atoms. The molecule has 2 amide bonds. The van der Waals surface area contributed by atoms with Crippen LogP contribution in [-0.4, -0.2) is 29.4 Å². The number of ether oxygens (including phenoxy) is 1. The summed E-state index contributed by atoms with van der Waals surface area (Å²) in [5.74, 6) is -0.230. The molecule has 2 aromatic rings. The minimum atomic E-state index is -0.702. The molecule has 140 valence electrons. The number of anilines is 2. The first-order chi connectivity index (χ1) is 12.8. The minimum Gasteiger partial charge on any atom is -0.479 e. The lowest BCUT2D eigenvalue weighted by molar-refractivity contribution is -0.384. The molecule has 1 unspecified atom stereocenters. The maximum absolute atomic E-state index is 12.5. The van der Waals surface area contributed by atoms with Crippen LogP contribution in [0.5, 0.6) is 5.75 Å². The van der Waals surface area contributed by atoms with Gasteiger partial charge in [0.1, 0.15) is 12.3 Å². The Balaban J connectivity index is 1.83. The lowest BCUT2D eigenvalue weighted by Gasteiger charge is -2.32. The fourth-order valence-electron chi connectivity index (χ4n) is 2.87. The van der Waals surface area contributed by atoms with E-state index in [4.69, 9.17) is 4.74 Å². The van der Waals surface area contributed by atoms with Gasteiger partial charge in [0.25, 0.3) is 11.6 Å². The molecule has 0 saturated heterocycles. The first-order valence-corrected chi connectivity index (χ1v) is 8.40. The van der Waals surface area contributed by atoms with Crippen LogP contribution in [-0.2, 0) is 9.59 Å². The van der Waals surface area contributed by atoms with Gasteiger partial charge in [-0.2, -0.15) is 0 Å². The fourth-order valence-corrected chi connectivity index (χ4v) is 2.87. The second-order valence-electron chi connectivity index (χ2n) is 6.46. The van der Waals surface area contributed by atoms with Gasteiger partial charge >= 0.3 is 0 Å². The van der Waals surface area contributed by atoms with Crippen molar-refractivity contribution >= 4 is 28.9 Å². The summed E-state index contributed by atoms with van der Waals surface area (Å²) in [5, 5.41) is 13.6. The molecule has 0 aliphatic carbocycles. The Bertz CT molecular complexity index is 941. The summed E-state index contributed by atoms with van der Waals surface area (Å²) in [4.78, 5) is 36.8. The standard InChI is InChI=1S/C19H19N3O5/c1-11-4-7-16-17(8-11)27-13(3)19(24)21(16)10-18(23)20-15-9-14(22(25)26)6-5-12(15)2/h4-9,13H,10H2,1-3H3,(H,20,23). The van der Waals surface area contributed by atoms with E-state index in [9.17, 15) is 19.7 Å². The molecular formula is C19H19N3O5. The van der Waals surface area contributed by atoms with Gasteiger partial charge in [0, 0.05) is 12.1 Å². The Kier molecular flexibility index (Phi) is 4.81. The first-order valence-electron chi connectivity index (χ1n) is 8.40. The monoisotopic (exact) mass is 369 g/mol. The summed E-state index contributed by atoms with van der Waals surface area (Å²) in [5.41, 5.74) is 2.41. The van der Waals surface area contributed by atoms with Crippen LogP contribution in [0.15, 0.2) is 36.4 Å². The summed E-state index contributed by atoms with van der Waals surface area (Å²) in [6, 6.07) is 9.62. The van der Waals surface area contributed by atoms with Gasteiger partial charge in [-0.1, -0.05) is 12.1 Å². The maximum atomic E-state index is 12.5. The predicted molar refractivity (Wildman–Crippen MR) is 100 cm³/mol. The van der Waals surface area contributed by atoms with Crippen molar-refractivity contribution in [2.24, 2.45) is 0 Å². The maximum Gasteiger partial charge on any atom is 0.271 e. The van der Waals surface area contributed by atoms with Crippen molar-refractivity contribution in [3.63, 3.8) is 0 Å². The smallest absolute Gasteiger partial charge is 0.271 e. The number of rotatable bonds is 4. The SMILES string of the molecule is Cc1ccc2c(c1)OC(C)C(=O)N2CC(=O)Nc1cc([N+](=O)[O-])ccc1C. The second kappa shape index (κ2) is 7.06. The predicted octanol–water partition coefficient (Wildman–Crippen LogP) is 2.96. The molecule has 8 nitrogen and oxygen atoms in total. The van der Waals surface area contributed by atoms with E-state index in [0.717, 1.165) is 5.56 Å². The van der Waals surface area contributed by atoms with Crippen LogP contribution in [0.25, 0.3) is 0 Å². The highest BCUT2D eigenvalue weighted by Crippen LogP contribution is 2.34. The van der Waals surface area contributed by atoms with Crippen LogP contribution in [0.1, 0.15) is 18.1 Å². The van der Waals surface area contributed by atoms with Crippen molar-refractivity contribution in [3.8, 4) is 5.75 Å². The average molecular weight is 369 g/mol. The Labute approximate surface area is 155 Å². The number of hydrogen-bond donors (Lipinski definition) is 1. The highest BCUT2D eigenvalue weighted by Gasteiger charge is 2.32. The Morgan fingerprint density at radius 1 is 1.26 bits per heavy atom. The molecule has 0 aromatic heterocycles. The van der Waals surface area contributed by atoms with Crippen LogP contribution in [0.3, 0.4) is 0 Å². The van der Waals surface area contributed by atoms with E-state index < -0.39 is 16.9 Å². The summed E-state index contributed by atoms with van der Waals surface area (Å²) >= 11 is 0. The highest BCUT2D eigenvalue weighted by molar-refractivity contribution is 6.06. The molecule has 0 spiro atoms. The largest absolute Gasteiger partial charge is 0.479 e. The zero-order chi connectivity index (χ0) is 19.7. The number of carbonyl (C=O) groups is 2. The van der Waals surface area contributed by atoms with Gasteiger partial charge in [0.2, 0.25) is 5.91 Å². The molecule has 3 rings (SSSR count). The number of aryl methyl sites for hydroxylation is 2. The molecule has 0 saturated carbocycles. The van der Waals surface area contributed by atoms with Gasteiger partial charge in [-0.3, -0.25) is 24.6 Å². The average Bonchev–Trinajstić information content (AvgIpc) is 2.60. The third kappa shape index (κ3) is 3.74. The second-order valence-corrected chi connectivity index (χ2v) is 6.46. The normalized spacial score (nSPS) is 15.7. The number of nitro benzene ring substituents is 1. The lowest BCUT2D eigenvalue weighted by atomic mass is 10.1. The number of amides is 2. The van der Waals surface area contributed by atoms with Crippen LogP contribution in [0, 0.1) is 24.0 Å². The number of fused-ring (bicyclic) bond motifs is 1. The third-order valence-electron chi connectivity index (χ3n) is 4.33.